The largest absolute Gasteiger partial charge is 0.494 e. The van der Waals surface area contributed by atoms with Gasteiger partial charge in [-0.05, 0) is 62.5 Å². The number of fused-ring (bicyclic) bond motifs is 1. The van der Waals surface area contributed by atoms with E-state index in [1.165, 1.54) is 32.5 Å². The molecule has 2 heterocycles. The van der Waals surface area contributed by atoms with Crippen LogP contribution in [-0.2, 0) is 0 Å². The van der Waals surface area contributed by atoms with Crippen LogP contribution < -0.4 is 14.8 Å². The first-order valence-corrected chi connectivity index (χ1v) is 8.66. The minimum Gasteiger partial charge on any atom is -0.494 e. The summed E-state index contributed by atoms with van der Waals surface area (Å²) in [6.07, 6.45) is 3.65. The van der Waals surface area contributed by atoms with E-state index in [9.17, 15) is 0 Å². The first kappa shape index (κ1) is 18.4. The monoisotopic (exact) mass is 340 g/mol. The molecule has 0 saturated carbocycles. The molecule has 2 aliphatic heterocycles. The molecule has 0 aromatic heterocycles. The smallest absolute Gasteiger partial charge is 0.119 e. The quantitative estimate of drug-likeness (QED) is 0.827. The lowest BCUT2D eigenvalue weighted by molar-refractivity contribution is 0.138. The Balaban J connectivity index is 0.00000192. The van der Waals surface area contributed by atoms with Crippen molar-refractivity contribution < 1.29 is 9.47 Å². The van der Waals surface area contributed by atoms with E-state index in [-0.39, 0.29) is 12.4 Å². The molecule has 130 valence electrons. The highest BCUT2D eigenvalue weighted by molar-refractivity contribution is 5.85. The van der Waals surface area contributed by atoms with Crippen LogP contribution in [0.2, 0.25) is 0 Å². The summed E-state index contributed by atoms with van der Waals surface area (Å²) in [6.45, 7) is 8.30. The van der Waals surface area contributed by atoms with Gasteiger partial charge in [0.05, 0.1) is 6.61 Å². The van der Waals surface area contributed by atoms with Gasteiger partial charge in [-0.25, -0.2) is 0 Å². The topological polar surface area (TPSA) is 33.7 Å². The Hall–Kier alpha value is -0.970. The van der Waals surface area contributed by atoms with Gasteiger partial charge in [0, 0.05) is 19.1 Å². The van der Waals surface area contributed by atoms with Crippen LogP contribution in [0, 0.1) is 5.92 Å². The third kappa shape index (κ3) is 5.27. The van der Waals surface area contributed by atoms with E-state index in [1.54, 1.807) is 0 Å². The summed E-state index contributed by atoms with van der Waals surface area (Å²) in [5.74, 6) is 2.70. The third-order valence-electron chi connectivity index (χ3n) is 4.71. The van der Waals surface area contributed by atoms with Crippen molar-refractivity contribution in [2.24, 2.45) is 5.92 Å². The molecule has 2 atom stereocenters. The highest BCUT2D eigenvalue weighted by atomic mass is 35.5. The van der Waals surface area contributed by atoms with E-state index >= 15 is 0 Å². The van der Waals surface area contributed by atoms with Crippen molar-refractivity contribution in [2.45, 2.75) is 32.2 Å². The van der Waals surface area contributed by atoms with Crippen LogP contribution >= 0.6 is 12.4 Å². The van der Waals surface area contributed by atoms with Gasteiger partial charge in [0.1, 0.15) is 18.1 Å². The number of piperidine rings is 1. The van der Waals surface area contributed by atoms with Crippen molar-refractivity contribution in [1.82, 2.24) is 10.2 Å². The second-order valence-electron chi connectivity index (χ2n) is 6.37. The molecule has 0 radical (unpaired) electrons. The van der Waals surface area contributed by atoms with E-state index in [0.717, 1.165) is 49.6 Å². The molecule has 1 aromatic rings. The summed E-state index contributed by atoms with van der Waals surface area (Å²) in [5.41, 5.74) is 0. The summed E-state index contributed by atoms with van der Waals surface area (Å²) in [5, 5.41) is 3.61. The maximum Gasteiger partial charge on any atom is 0.119 e. The number of rotatable bonds is 7. The highest BCUT2D eigenvalue weighted by Gasteiger charge is 2.32. The maximum atomic E-state index is 5.87. The van der Waals surface area contributed by atoms with Crippen LogP contribution in [0.1, 0.15) is 26.2 Å². The van der Waals surface area contributed by atoms with Gasteiger partial charge in [-0.1, -0.05) is 6.92 Å². The van der Waals surface area contributed by atoms with Gasteiger partial charge in [0.2, 0.25) is 0 Å². The Kier molecular flexibility index (Phi) is 7.47. The fourth-order valence-corrected chi connectivity index (χ4v) is 3.47. The van der Waals surface area contributed by atoms with Gasteiger partial charge in [-0.15, -0.1) is 12.4 Å². The van der Waals surface area contributed by atoms with Crippen LogP contribution in [0.5, 0.6) is 11.5 Å². The second-order valence-corrected chi connectivity index (χ2v) is 6.37. The molecule has 4 nitrogen and oxygen atoms in total. The first-order valence-electron chi connectivity index (χ1n) is 8.66. The summed E-state index contributed by atoms with van der Waals surface area (Å²) < 4.78 is 11.4. The maximum absolute atomic E-state index is 5.87. The molecule has 0 amide bonds. The van der Waals surface area contributed by atoms with Crippen molar-refractivity contribution in [3.63, 3.8) is 0 Å². The Labute approximate surface area is 145 Å². The van der Waals surface area contributed by atoms with Gasteiger partial charge in [-0.3, -0.25) is 4.90 Å². The molecule has 1 N–H and O–H groups in total. The Morgan fingerprint density at radius 2 is 1.78 bits per heavy atom. The summed E-state index contributed by atoms with van der Waals surface area (Å²) >= 11 is 0. The van der Waals surface area contributed by atoms with Gasteiger partial charge in [0.15, 0.2) is 0 Å². The van der Waals surface area contributed by atoms with Crippen LogP contribution in [0.25, 0.3) is 0 Å². The van der Waals surface area contributed by atoms with Crippen molar-refractivity contribution in [3.05, 3.63) is 24.3 Å². The number of hydrogen-bond acceptors (Lipinski definition) is 4. The van der Waals surface area contributed by atoms with Gasteiger partial charge in [-0.2, -0.15) is 0 Å². The van der Waals surface area contributed by atoms with Crippen LogP contribution in [-0.4, -0.2) is 50.3 Å². The number of nitrogens with one attached hydrogen (secondary N) is 1. The molecule has 5 heteroatoms. The highest BCUT2D eigenvalue weighted by Crippen LogP contribution is 2.24. The van der Waals surface area contributed by atoms with Crippen molar-refractivity contribution in [1.29, 1.82) is 0 Å². The molecule has 2 saturated heterocycles. The molecule has 3 rings (SSSR count). The minimum absolute atomic E-state index is 0. The molecule has 2 aliphatic rings. The fraction of sp³-hybridized carbons (Fsp3) is 0.667. The van der Waals surface area contributed by atoms with E-state index < -0.39 is 0 Å². The Morgan fingerprint density at radius 1 is 1.09 bits per heavy atom. The standard InChI is InChI=1S/C18H28N2O2.ClH/c1-2-12-21-16-3-5-17(6-4-16)22-13-11-20-10-8-18-15(14-20)7-9-19-18;/h3-6,15,18-19H,2,7-14H2,1H3;1H. The summed E-state index contributed by atoms with van der Waals surface area (Å²) in [7, 11) is 0. The normalized spacial score (nSPS) is 23.9. The fourth-order valence-electron chi connectivity index (χ4n) is 3.47. The second kappa shape index (κ2) is 9.36. The molecule has 0 spiro atoms. The Bertz CT molecular complexity index is 455. The van der Waals surface area contributed by atoms with Gasteiger partial charge >= 0.3 is 0 Å². The number of likely N-dealkylation sites (tertiary alicyclic amines) is 1. The van der Waals surface area contributed by atoms with E-state index in [2.05, 4.69) is 17.1 Å². The zero-order chi connectivity index (χ0) is 15.2. The average molecular weight is 341 g/mol. The lowest BCUT2D eigenvalue weighted by Gasteiger charge is -2.34. The third-order valence-corrected chi connectivity index (χ3v) is 4.71. The van der Waals surface area contributed by atoms with Crippen molar-refractivity contribution in [2.75, 3.05) is 39.4 Å². The predicted molar refractivity (Wildman–Crippen MR) is 95.9 cm³/mol. The van der Waals surface area contributed by atoms with Crippen molar-refractivity contribution in [3.8, 4) is 11.5 Å². The molecule has 23 heavy (non-hydrogen) atoms. The zero-order valence-electron chi connectivity index (χ0n) is 14.0. The number of nitrogens with zero attached hydrogens (tertiary/aromatic N) is 1. The van der Waals surface area contributed by atoms with Gasteiger partial charge < -0.3 is 14.8 Å². The lowest BCUT2D eigenvalue weighted by Crippen LogP contribution is -2.45. The van der Waals surface area contributed by atoms with Crippen LogP contribution in [0.15, 0.2) is 24.3 Å². The molecule has 1 aromatic carbocycles. The minimum atomic E-state index is 0. The number of hydrogen-bond donors (Lipinski definition) is 1. The molecular formula is C18H29ClN2O2. The predicted octanol–water partition coefficient (Wildman–Crippen LogP) is 2.96. The summed E-state index contributed by atoms with van der Waals surface area (Å²) in [6, 6.07) is 8.74. The Morgan fingerprint density at radius 3 is 2.48 bits per heavy atom. The van der Waals surface area contributed by atoms with E-state index in [1.807, 2.05) is 24.3 Å². The molecule has 2 unspecified atom stereocenters. The number of halogens is 1. The molecule has 0 bridgehead atoms. The number of benzene rings is 1. The molecule has 0 aliphatic carbocycles. The van der Waals surface area contributed by atoms with E-state index in [0.29, 0.717) is 0 Å². The van der Waals surface area contributed by atoms with Crippen molar-refractivity contribution >= 4 is 12.4 Å². The van der Waals surface area contributed by atoms with Crippen LogP contribution in [0.3, 0.4) is 0 Å². The SMILES string of the molecule is CCCOc1ccc(OCCN2CCC3NCCC3C2)cc1.Cl. The van der Waals surface area contributed by atoms with E-state index in [4.69, 9.17) is 9.47 Å². The first-order chi connectivity index (χ1) is 10.8. The van der Waals surface area contributed by atoms with Gasteiger partial charge in [0.25, 0.3) is 0 Å². The summed E-state index contributed by atoms with van der Waals surface area (Å²) in [4.78, 5) is 2.55. The number of ether oxygens (including phenoxy) is 2. The lowest BCUT2D eigenvalue weighted by atomic mass is 9.93. The van der Waals surface area contributed by atoms with Crippen LogP contribution in [0.4, 0.5) is 0 Å². The molecular weight excluding hydrogens is 312 g/mol. The average Bonchev–Trinajstić information content (AvgIpc) is 3.02. The molecule has 2 fully saturated rings. The zero-order valence-corrected chi connectivity index (χ0v) is 14.8.